The van der Waals surface area contributed by atoms with Crippen LogP contribution in [-0.4, -0.2) is 35.5 Å². The largest absolute Gasteiger partial charge is 0.383 e. The molecule has 1 aromatic heterocycles. The molecule has 0 aliphatic heterocycles. The van der Waals surface area contributed by atoms with Crippen molar-refractivity contribution in [3.8, 4) is 0 Å². The maximum absolute atomic E-state index is 6.05. The maximum Gasteiger partial charge on any atom is 0.229 e. The lowest BCUT2D eigenvalue weighted by molar-refractivity contribution is 0.400. The summed E-state index contributed by atoms with van der Waals surface area (Å²) in [5.41, 5.74) is 10.5. The highest BCUT2D eigenvalue weighted by atomic mass is 15.1. The minimum absolute atomic E-state index is 0.542. The second-order valence-electron chi connectivity index (χ2n) is 5.95. The molecule has 118 valence electrons. The summed E-state index contributed by atoms with van der Waals surface area (Å²) in [5.74, 6) is 1.10. The van der Waals surface area contributed by atoms with Crippen molar-refractivity contribution >= 4 is 17.5 Å². The summed E-state index contributed by atoms with van der Waals surface area (Å²) < 4.78 is 0. The first-order valence-electron chi connectivity index (χ1n) is 7.56. The number of hydrogen-bond donors (Lipinski definition) is 2. The van der Waals surface area contributed by atoms with Crippen molar-refractivity contribution in [2.75, 3.05) is 31.7 Å². The van der Waals surface area contributed by atoms with E-state index in [0.29, 0.717) is 11.8 Å². The van der Waals surface area contributed by atoms with Gasteiger partial charge in [-0.3, -0.25) is 0 Å². The van der Waals surface area contributed by atoms with Gasteiger partial charge in [0.05, 0.1) is 0 Å². The molecule has 0 aliphatic rings. The summed E-state index contributed by atoms with van der Waals surface area (Å²) in [5, 5.41) is 3.23. The van der Waals surface area contributed by atoms with Crippen LogP contribution < -0.4 is 11.1 Å². The van der Waals surface area contributed by atoms with Gasteiger partial charge in [-0.1, -0.05) is 17.7 Å². The van der Waals surface area contributed by atoms with E-state index in [9.17, 15) is 0 Å². The highest BCUT2D eigenvalue weighted by Crippen LogP contribution is 2.20. The third-order valence-electron chi connectivity index (χ3n) is 3.58. The molecular formula is C17H25N5. The van der Waals surface area contributed by atoms with E-state index in [1.54, 1.807) is 0 Å². The Hall–Kier alpha value is -2.14. The van der Waals surface area contributed by atoms with Gasteiger partial charge in [-0.15, -0.1) is 0 Å². The monoisotopic (exact) mass is 299 g/mol. The lowest BCUT2D eigenvalue weighted by atomic mass is 10.1. The molecule has 0 saturated carbocycles. The van der Waals surface area contributed by atoms with Crippen molar-refractivity contribution in [1.82, 2.24) is 14.9 Å². The van der Waals surface area contributed by atoms with Crippen molar-refractivity contribution < 1.29 is 0 Å². The van der Waals surface area contributed by atoms with Gasteiger partial charge < -0.3 is 16.0 Å². The second-order valence-corrected chi connectivity index (χ2v) is 5.95. The number of aryl methyl sites for hydroxylation is 3. The van der Waals surface area contributed by atoms with Crippen molar-refractivity contribution in [2.45, 2.75) is 26.7 Å². The molecule has 1 heterocycles. The Morgan fingerprint density at radius 1 is 1.23 bits per heavy atom. The van der Waals surface area contributed by atoms with E-state index in [2.05, 4.69) is 60.3 Å². The highest BCUT2D eigenvalue weighted by Gasteiger charge is 2.06. The first-order chi connectivity index (χ1) is 10.5. The Balaban J connectivity index is 2.05. The summed E-state index contributed by atoms with van der Waals surface area (Å²) in [6, 6.07) is 6.23. The minimum atomic E-state index is 0.542. The Bertz CT molecular complexity index is 637. The van der Waals surface area contributed by atoms with Crippen LogP contribution in [0.25, 0.3) is 0 Å². The van der Waals surface area contributed by atoms with Crippen LogP contribution in [0, 0.1) is 13.8 Å². The van der Waals surface area contributed by atoms with Crippen molar-refractivity contribution in [1.29, 1.82) is 0 Å². The van der Waals surface area contributed by atoms with Gasteiger partial charge in [-0.25, -0.2) is 4.98 Å². The predicted octanol–water partition coefficient (Wildman–Crippen LogP) is 2.91. The molecule has 0 amide bonds. The van der Waals surface area contributed by atoms with E-state index in [-0.39, 0.29) is 0 Å². The molecule has 0 spiro atoms. The van der Waals surface area contributed by atoms with Crippen LogP contribution in [0.4, 0.5) is 17.5 Å². The summed E-state index contributed by atoms with van der Waals surface area (Å²) in [4.78, 5) is 10.9. The summed E-state index contributed by atoms with van der Waals surface area (Å²) in [7, 11) is 4.13. The van der Waals surface area contributed by atoms with E-state index in [1.165, 1.54) is 5.56 Å². The third-order valence-corrected chi connectivity index (χ3v) is 3.58. The van der Waals surface area contributed by atoms with Crippen LogP contribution in [0.1, 0.15) is 23.1 Å². The number of aromatic nitrogens is 2. The molecule has 0 saturated heterocycles. The molecular weight excluding hydrogens is 274 g/mol. The van der Waals surface area contributed by atoms with Gasteiger partial charge in [-0.2, -0.15) is 4.98 Å². The molecule has 0 radical (unpaired) electrons. The lowest BCUT2D eigenvalue weighted by Gasteiger charge is -2.12. The Morgan fingerprint density at radius 2 is 2.00 bits per heavy atom. The molecule has 5 heteroatoms. The molecule has 0 fully saturated rings. The van der Waals surface area contributed by atoms with E-state index in [0.717, 1.165) is 36.2 Å². The van der Waals surface area contributed by atoms with Crippen LogP contribution in [0.5, 0.6) is 0 Å². The van der Waals surface area contributed by atoms with Crippen molar-refractivity contribution in [3.63, 3.8) is 0 Å². The molecule has 0 atom stereocenters. The quantitative estimate of drug-likeness (QED) is 0.858. The SMILES string of the molecule is Cc1ccc(Nc2ncc(CCCN(C)C)c(N)n2)c(C)c1. The van der Waals surface area contributed by atoms with Gasteiger partial charge in [0.25, 0.3) is 0 Å². The molecule has 0 bridgehead atoms. The van der Waals surface area contributed by atoms with E-state index >= 15 is 0 Å². The minimum Gasteiger partial charge on any atom is -0.383 e. The fraction of sp³-hybridized carbons (Fsp3) is 0.412. The lowest BCUT2D eigenvalue weighted by Crippen LogP contribution is -2.14. The summed E-state index contributed by atoms with van der Waals surface area (Å²) in [6.45, 7) is 5.17. The first kappa shape index (κ1) is 16.2. The Labute approximate surface area is 132 Å². The normalized spacial score (nSPS) is 11.0. The van der Waals surface area contributed by atoms with E-state index in [1.807, 2.05) is 12.3 Å². The predicted molar refractivity (Wildman–Crippen MR) is 92.5 cm³/mol. The average molecular weight is 299 g/mol. The molecule has 5 nitrogen and oxygen atoms in total. The topological polar surface area (TPSA) is 67.1 Å². The molecule has 22 heavy (non-hydrogen) atoms. The van der Waals surface area contributed by atoms with Gasteiger partial charge in [0.15, 0.2) is 0 Å². The van der Waals surface area contributed by atoms with Gasteiger partial charge in [-0.05, 0) is 59.0 Å². The fourth-order valence-electron chi connectivity index (χ4n) is 2.33. The zero-order chi connectivity index (χ0) is 16.1. The molecule has 3 N–H and O–H groups in total. The standard InChI is InChI=1S/C17H25N5/c1-12-7-8-15(13(2)10-12)20-17-19-11-14(16(18)21-17)6-5-9-22(3)4/h7-8,10-11H,5-6,9H2,1-4H3,(H3,18,19,20,21). The van der Waals surface area contributed by atoms with E-state index in [4.69, 9.17) is 5.73 Å². The van der Waals surface area contributed by atoms with Crippen LogP contribution >= 0.6 is 0 Å². The van der Waals surface area contributed by atoms with E-state index < -0.39 is 0 Å². The number of nitrogens with zero attached hydrogens (tertiary/aromatic N) is 3. The Kier molecular flexibility index (Phi) is 5.33. The molecule has 2 aromatic rings. The third kappa shape index (κ3) is 4.43. The van der Waals surface area contributed by atoms with Gasteiger partial charge in [0.1, 0.15) is 5.82 Å². The number of nitrogen functional groups attached to an aromatic ring is 1. The van der Waals surface area contributed by atoms with Gasteiger partial charge in [0, 0.05) is 17.4 Å². The van der Waals surface area contributed by atoms with Crippen LogP contribution in [-0.2, 0) is 6.42 Å². The zero-order valence-corrected chi connectivity index (χ0v) is 13.8. The highest BCUT2D eigenvalue weighted by molar-refractivity contribution is 5.60. The van der Waals surface area contributed by atoms with Crippen LogP contribution in [0.15, 0.2) is 24.4 Å². The molecule has 0 aliphatic carbocycles. The zero-order valence-electron chi connectivity index (χ0n) is 13.8. The first-order valence-corrected chi connectivity index (χ1v) is 7.56. The van der Waals surface area contributed by atoms with Crippen molar-refractivity contribution in [3.05, 3.63) is 41.1 Å². The number of rotatable bonds is 6. The molecule has 1 aromatic carbocycles. The number of anilines is 3. The summed E-state index contributed by atoms with van der Waals surface area (Å²) >= 11 is 0. The Morgan fingerprint density at radius 3 is 2.64 bits per heavy atom. The van der Waals surface area contributed by atoms with Crippen molar-refractivity contribution in [2.24, 2.45) is 0 Å². The second kappa shape index (κ2) is 7.22. The number of nitrogens with two attached hydrogens (primary N) is 1. The number of nitrogens with one attached hydrogen (secondary N) is 1. The van der Waals surface area contributed by atoms with Gasteiger partial charge >= 0.3 is 0 Å². The van der Waals surface area contributed by atoms with Crippen LogP contribution in [0.3, 0.4) is 0 Å². The molecule has 0 unspecified atom stereocenters. The summed E-state index contributed by atoms with van der Waals surface area (Å²) in [6.07, 6.45) is 3.77. The van der Waals surface area contributed by atoms with Gasteiger partial charge in [0.2, 0.25) is 5.95 Å². The van der Waals surface area contributed by atoms with Crippen LogP contribution in [0.2, 0.25) is 0 Å². The number of hydrogen-bond acceptors (Lipinski definition) is 5. The maximum atomic E-state index is 6.05. The fourth-order valence-corrected chi connectivity index (χ4v) is 2.33. The smallest absolute Gasteiger partial charge is 0.229 e. The average Bonchev–Trinajstić information content (AvgIpc) is 2.44. The molecule has 2 rings (SSSR count). The number of benzene rings is 1.